The first kappa shape index (κ1) is 24.7. The summed E-state index contributed by atoms with van der Waals surface area (Å²) in [5, 5.41) is 0. The molecule has 1 aromatic rings. The number of benzene rings is 1. The molecule has 1 aromatic carbocycles. The highest BCUT2D eigenvalue weighted by Gasteiger charge is 2.37. The molecule has 2 rings (SSSR count). The Bertz CT molecular complexity index is 1040. The van der Waals surface area contributed by atoms with Crippen LogP contribution in [0.1, 0.15) is 68.7 Å². The van der Waals surface area contributed by atoms with Gasteiger partial charge in [-0.2, -0.15) is 0 Å². The van der Waals surface area contributed by atoms with E-state index in [0.717, 1.165) is 25.5 Å². The lowest BCUT2D eigenvalue weighted by Crippen LogP contribution is -2.31. The van der Waals surface area contributed by atoms with E-state index in [9.17, 15) is 24.0 Å². The molecule has 32 heavy (non-hydrogen) atoms. The summed E-state index contributed by atoms with van der Waals surface area (Å²) in [5.74, 6) is -3.93. The topological polar surface area (TPSA) is 113 Å². The average molecular weight is 442 g/mol. The van der Waals surface area contributed by atoms with Gasteiger partial charge >= 0.3 is 17.9 Å². The van der Waals surface area contributed by atoms with Crippen molar-refractivity contribution < 1.29 is 38.2 Å². The van der Waals surface area contributed by atoms with Crippen LogP contribution in [-0.2, 0) is 19.1 Å². The first-order valence-electron chi connectivity index (χ1n) is 10.1. The summed E-state index contributed by atoms with van der Waals surface area (Å²) >= 11 is 0. The minimum absolute atomic E-state index is 0.0534. The van der Waals surface area contributed by atoms with E-state index in [1.165, 1.54) is 12.1 Å². The Morgan fingerprint density at radius 1 is 0.906 bits per heavy atom. The summed E-state index contributed by atoms with van der Waals surface area (Å²) in [6.45, 7) is 9.32. The highest BCUT2D eigenvalue weighted by Crippen LogP contribution is 2.38. The number of allylic oxidation sites excluding steroid dienone is 2. The first-order chi connectivity index (χ1) is 14.9. The molecule has 1 aliphatic rings. The predicted molar refractivity (Wildman–Crippen MR) is 115 cm³/mol. The molecule has 1 atom stereocenters. The zero-order chi connectivity index (χ0) is 24.2. The number of Topliss-reactive ketones (excluding diaryl/α,β-unsaturated/α-hetero) is 1. The average Bonchev–Trinajstić information content (AvgIpc) is 2.67. The van der Waals surface area contributed by atoms with Gasteiger partial charge in [0, 0.05) is 25.8 Å². The van der Waals surface area contributed by atoms with Gasteiger partial charge in [-0.3, -0.25) is 24.0 Å². The minimum Gasteiger partial charge on any atom is -0.457 e. The van der Waals surface area contributed by atoms with Crippen molar-refractivity contribution in [3.8, 4) is 11.5 Å². The maximum absolute atomic E-state index is 13.5. The summed E-state index contributed by atoms with van der Waals surface area (Å²) in [5.41, 5.74) is 0.472. The molecule has 0 amide bonds. The van der Waals surface area contributed by atoms with E-state index in [4.69, 9.17) is 14.2 Å². The highest BCUT2D eigenvalue weighted by molar-refractivity contribution is 6.27. The number of hydrogen-bond acceptors (Lipinski definition) is 8. The Hall–Kier alpha value is -3.55. The van der Waals surface area contributed by atoms with Gasteiger partial charge in [-0.25, -0.2) is 0 Å². The molecule has 0 spiro atoms. The third-order valence-corrected chi connectivity index (χ3v) is 4.48. The van der Waals surface area contributed by atoms with E-state index in [1.807, 2.05) is 13.8 Å². The van der Waals surface area contributed by atoms with E-state index in [1.54, 1.807) is 19.9 Å². The van der Waals surface area contributed by atoms with Crippen LogP contribution in [0, 0.1) is 5.92 Å². The number of rotatable bonds is 7. The summed E-state index contributed by atoms with van der Waals surface area (Å²) in [4.78, 5) is 61.8. The van der Waals surface area contributed by atoms with Crippen molar-refractivity contribution in [2.24, 2.45) is 5.92 Å². The Morgan fingerprint density at radius 2 is 1.44 bits per heavy atom. The van der Waals surface area contributed by atoms with Crippen molar-refractivity contribution in [1.29, 1.82) is 0 Å². The smallest absolute Gasteiger partial charge is 0.308 e. The fraction of sp³-hybridized carbons (Fsp3) is 0.375. The normalized spacial score (nSPS) is 13.7. The second kappa shape index (κ2) is 10.2. The Kier molecular flexibility index (Phi) is 7.86. The molecule has 8 nitrogen and oxygen atoms in total. The van der Waals surface area contributed by atoms with Gasteiger partial charge in [0.2, 0.25) is 0 Å². The van der Waals surface area contributed by atoms with E-state index in [-0.39, 0.29) is 34.6 Å². The predicted octanol–water partition coefficient (Wildman–Crippen LogP) is 3.77. The van der Waals surface area contributed by atoms with Gasteiger partial charge < -0.3 is 14.2 Å². The lowest BCUT2D eigenvalue weighted by atomic mass is 9.85. The van der Waals surface area contributed by atoms with Crippen LogP contribution in [0.2, 0.25) is 0 Å². The van der Waals surface area contributed by atoms with Gasteiger partial charge in [-0.15, -0.1) is 0 Å². The maximum Gasteiger partial charge on any atom is 0.308 e. The van der Waals surface area contributed by atoms with Crippen LogP contribution in [0.15, 0.2) is 35.4 Å². The zero-order valence-electron chi connectivity index (χ0n) is 18.9. The number of hydrogen-bond donors (Lipinski definition) is 0. The first-order valence-corrected chi connectivity index (χ1v) is 10.1. The summed E-state index contributed by atoms with van der Waals surface area (Å²) in [7, 11) is 0. The van der Waals surface area contributed by atoms with Crippen LogP contribution in [0.5, 0.6) is 11.5 Å². The molecule has 0 aromatic heterocycles. The zero-order valence-corrected chi connectivity index (χ0v) is 18.9. The molecule has 0 saturated heterocycles. The second-order valence-corrected chi connectivity index (χ2v) is 7.89. The van der Waals surface area contributed by atoms with Gasteiger partial charge in [-0.1, -0.05) is 25.5 Å². The van der Waals surface area contributed by atoms with Crippen LogP contribution in [0.4, 0.5) is 0 Å². The number of carbonyl (C=O) groups is 5. The fourth-order valence-corrected chi connectivity index (χ4v) is 3.03. The Labute approximate surface area is 186 Å². The standard InChI is InChI=1S/C24H26O8/c1-12(2)7-8-18(32-24(29)13(3)4)16-11-17(27)21-19(30-14(5)25)9-10-20(31-15(6)26)22(21)23(16)28/h7,9-11,13,18H,8H2,1-6H3. The molecule has 170 valence electrons. The molecule has 0 aliphatic heterocycles. The SMILES string of the molecule is CC(=O)Oc1ccc(OC(C)=O)c2c1C(=O)C=C(C(CC=C(C)C)OC(=O)C(C)C)C2=O. The molecular formula is C24H26O8. The van der Waals surface area contributed by atoms with Crippen LogP contribution in [0.25, 0.3) is 0 Å². The maximum atomic E-state index is 13.5. The van der Waals surface area contributed by atoms with Crippen LogP contribution in [-0.4, -0.2) is 35.6 Å². The van der Waals surface area contributed by atoms with E-state index < -0.39 is 41.5 Å². The number of fused-ring (bicyclic) bond motifs is 1. The summed E-state index contributed by atoms with van der Waals surface area (Å²) in [6.07, 6.45) is 2.01. The highest BCUT2D eigenvalue weighted by atomic mass is 16.5. The molecular weight excluding hydrogens is 416 g/mol. The Morgan fingerprint density at radius 3 is 1.91 bits per heavy atom. The van der Waals surface area contributed by atoms with Crippen molar-refractivity contribution in [2.75, 3.05) is 0 Å². The third-order valence-electron chi connectivity index (χ3n) is 4.48. The largest absolute Gasteiger partial charge is 0.457 e. The van der Waals surface area contributed by atoms with Crippen LogP contribution < -0.4 is 9.47 Å². The molecule has 1 aliphatic carbocycles. The monoisotopic (exact) mass is 442 g/mol. The second-order valence-electron chi connectivity index (χ2n) is 7.89. The molecule has 0 saturated carbocycles. The van der Waals surface area contributed by atoms with Crippen molar-refractivity contribution in [3.63, 3.8) is 0 Å². The fourth-order valence-electron chi connectivity index (χ4n) is 3.03. The number of ether oxygens (including phenoxy) is 3. The van der Waals surface area contributed by atoms with Gasteiger partial charge in [0.1, 0.15) is 17.6 Å². The lowest BCUT2D eigenvalue weighted by molar-refractivity contribution is -0.150. The molecule has 0 N–H and O–H groups in total. The number of esters is 3. The van der Waals surface area contributed by atoms with E-state index >= 15 is 0 Å². The van der Waals surface area contributed by atoms with Gasteiger partial charge in [0.25, 0.3) is 0 Å². The molecule has 0 bridgehead atoms. The molecule has 0 heterocycles. The minimum atomic E-state index is -1.02. The van der Waals surface area contributed by atoms with Gasteiger partial charge in [-0.05, 0) is 32.1 Å². The van der Waals surface area contributed by atoms with Crippen molar-refractivity contribution in [1.82, 2.24) is 0 Å². The van der Waals surface area contributed by atoms with Gasteiger partial charge in [0.15, 0.2) is 11.6 Å². The van der Waals surface area contributed by atoms with Crippen LogP contribution in [0.3, 0.4) is 0 Å². The van der Waals surface area contributed by atoms with Crippen molar-refractivity contribution >= 4 is 29.5 Å². The Balaban J connectivity index is 2.64. The van der Waals surface area contributed by atoms with Gasteiger partial charge in [0.05, 0.1) is 17.0 Å². The number of carbonyl (C=O) groups excluding carboxylic acids is 5. The number of ketones is 2. The van der Waals surface area contributed by atoms with Crippen molar-refractivity contribution in [2.45, 2.75) is 54.1 Å². The molecule has 0 radical (unpaired) electrons. The van der Waals surface area contributed by atoms with Crippen molar-refractivity contribution in [3.05, 3.63) is 46.6 Å². The van der Waals surface area contributed by atoms with E-state index in [2.05, 4.69) is 0 Å². The summed E-state index contributed by atoms with van der Waals surface area (Å²) in [6, 6.07) is 2.56. The molecule has 0 fully saturated rings. The lowest BCUT2D eigenvalue weighted by Gasteiger charge is -2.25. The molecule has 1 unspecified atom stereocenters. The molecule has 8 heteroatoms. The van der Waals surface area contributed by atoms with Crippen LogP contribution >= 0.6 is 0 Å². The van der Waals surface area contributed by atoms with E-state index in [0.29, 0.717) is 0 Å². The third kappa shape index (κ3) is 5.78. The quantitative estimate of drug-likeness (QED) is 0.356. The summed E-state index contributed by atoms with van der Waals surface area (Å²) < 4.78 is 15.8.